The van der Waals surface area contributed by atoms with Crippen LogP contribution in [0.5, 0.6) is 5.75 Å². The molecule has 0 amide bonds. The van der Waals surface area contributed by atoms with Gasteiger partial charge in [0.2, 0.25) is 5.89 Å². The van der Waals surface area contributed by atoms with Crippen molar-refractivity contribution in [1.29, 1.82) is 0 Å². The van der Waals surface area contributed by atoms with Gasteiger partial charge in [-0.2, -0.15) is 0 Å². The third kappa shape index (κ3) is 4.98. The van der Waals surface area contributed by atoms with Gasteiger partial charge in [-0.25, -0.2) is 4.98 Å². The molecular formula is C30H30N2O4. The summed E-state index contributed by atoms with van der Waals surface area (Å²) < 4.78 is 12.0. The highest BCUT2D eigenvalue weighted by molar-refractivity contribution is 5.75. The van der Waals surface area contributed by atoms with Crippen LogP contribution in [-0.2, 0) is 17.6 Å². The number of nitrogens with zero attached hydrogens (tertiary/aromatic N) is 1. The number of hydrogen-bond donors (Lipinski definition) is 2. The molecule has 0 saturated carbocycles. The first-order valence-electron chi connectivity index (χ1n) is 12.3. The van der Waals surface area contributed by atoms with E-state index < -0.39 is 5.97 Å². The van der Waals surface area contributed by atoms with E-state index >= 15 is 0 Å². The van der Waals surface area contributed by atoms with Crippen molar-refractivity contribution in [2.75, 3.05) is 12.3 Å². The van der Waals surface area contributed by atoms with Crippen LogP contribution < -0.4 is 10.5 Å². The van der Waals surface area contributed by atoms with Gasteiger partial charge in [0.05, 0.1) is 18.7 Å². The maximum atomic E-state index is 11.1. The lowest BCUT2D eigenvalue weighted by molar-refractivity contribution is -0.137. The number of carboxylic acid groups (broad SMARTS) is 1. The zero-order chi connectivity index (χ0) is 25.2. The van der Waals surface area contributed by atoms with Gasteiger partial charge in [-0.3, -0.25) is 4.79 Å². The number of aryl methyl sites for hydroxylation is 3. The van der Waals surface area contributed by atoms with Gasteiger partial charge >= 0.3 is 5.97 Å². The number of carbonyl (C=O) groups is 1. The van der Waals surface area contributed by atoms with Crippen molar-refractivity contribution in [3.05, 3.63) is 88.8 Å². The average Bonchev–Trinajstić information content (AvgIpc) is 3.42. The van der Waals surface area contributed by atoms with E-state index in [1.807, 2.05) is 49.4 Å². The number of ether oxygens (including phenoxy) is 1. The number of nitrogen functional groups attached to an aromatic ring is 1. The van der Waals surface area contributed by atoms with Gasteiger partial charge in [-0.05, 0) is 96.8 Å². The second-order valence-electron chi connectivity index (χ2n) is 9.47. The molecule has 1 aliphatic rings. The van der Waals surface area contributed by atoms with Crippen LogP contribution in [0.1, 0.15) is 46.9 Å². The Bertz CT molecular complexity index is 1420. The van der Waals surface area contributed by atoms with Crippen LogP contribution in [0.2, 0.25) is 0 Å². The van der Waals surface area contributed by atoms with E-state index in [4.69, 9.17) is 25.0 Å². The van der Waals surface area contributed by atoms with Gasteiger partial charge in [0.1, 0.15) is 11.5 Å². The van der Waals surface area contributed by atoms with Gasteiger partial charge in [-0.15, -0.1) is 0 Å². The minimum atomic E-state index is -0.748. The van der Waals surface area contributed by atoms with Gasteiger partial charge in [0.15, 0.2) is 0 Å². The highest BCUT2D eigenvalue weighted by Crippen LogP contribution is 2.37. The fraction of sp³-hybridized carbons (Fsp3) is 0.267. The normalized spacial score (nSPS) is 14.6. The van der Waals surface area contributed by atoms with Crippen LogP contribution in [0.3, 0.4) is 0 Å². The molecule has 0 spiro atoms. The van der Waals surface area contributed by atoms with Crippen molar-refractivity contribution in [2.24, 2.45) is 0 Å². The summed E-state index contributed by atoms with van der Waals surface area (Å²) in [6.45, 7) is 4.49. The quantitative estimate of drug-likeness (QED) is 0.285. The maximum absolute atomic E-state index is 11.1. The lowest BCUT2D eigenvalue weighted by Crippen LogP contribution is -2.04. The Labute approximate surface area is 210 Å². The standard InChI is InChI=1S/C30H30N2O4/c1-18-6-7-23(16-27(18)20-4-3-5-24(31)14-20)30-32-28(19(2)36-30)12-13-35-25-10-11-26-21(15-25)8-9-22(26)17-29(33)34/h3-7,10-11,14-16,22H,8-9,12-13,17,31H2,1-2H3,(H,33,34)/t22-/m0/s1. The van der Waals surface area contributed by atoms with Crippen molar-refractivity contribution >= 4 is 11.7 Å². The van der Waals surface area contributed by atoms with Crippen molar-refractivity contribution in [3.63, 3.8) is 0 Å². The number of nitrogens with two attached hydrogens (primary N) is 1. The zero-order valence-corrected chi connectivity index (χ0v) is 20.6. The van der Waals surface area contributed by atoms with E-state index in [0.717, 1.165) is 63.5 Å². The lowest BCUT2D eigenvalue weighted by atomic mass is 9.98. The Kier molecular flexibility index (Phi) is 6.51. The molecule has 0 fully saturated rings. The molecule has 0 bridgehead atoms. The predicted molar refractivity (Wildman–Crippen MR) is 140 cm³/mol. The number of oxazole rings is 1. The van der Waals surface area contributed by atoms with E-state index in [2.05, 4.69) is 25.1 Å². The SMILES string of the molecule is Cc1ccc(-c2nc(CCOc3ccc4c(c3)CC[C@H]4CC(=O)O)c(C)o2)cc1-c1cccc(N)c1. The van der Waals surface area contributed by atoms with Crippen LogP contribution in [0.4, 0.5) is 5.69 Å². The van der Waals surface area contributed by atoms with E-state index in [-0.39, 0.29) is 12.3 Å². The van der Waals surface area contributed by atoms with Crippen LogP contribution in [0.15, 0.2) is 65.1 Å². The summed E-state index contributed by atoms with van der Waals surface area (Å²) in [6.07, 6.45) is 2.58. The molecule has 4 aromatic rings. The lowest BCUT2D eigenvalue weighted by Gasteiger charge is -2.10. The molecule has 1 atom stereocenters. The highest BCUT2D eigenvalue weighted by atomic mass is 16.5. The number of benzene rings is 3. The van der Waals surface area contributed by atoms with E-state index in [1.54, 1.807) is 0 Å². The fourth-order valence-electron chi connectivity index (χ4n) is 5.02. The Balaban J connectivity index is 1.26. The van der Waals surface area contributed by atoms with E-state index in [1.165, 1.54) is 5.56 Å². The van der Waals surface area contributed by atoms with E-state index in [0.29, 0.717) is 18.9 Å². The van der Waals surface area contributed by atoms with Crippen LogP contribution in [0.25, 0.3) is 22.6 Å². The molecule has 5 rings (SSSR count). The van der Waals surface area contributed by atoms with Crippen LogP contribution in [-0.4, -0.2) is 22.7 Å². The third-order valence-electron chi connectivity index (χ3n) is 6.92. The van der Waals surface area contributed by atoms with Crippen molar-refractivity contribution < 1.29 is 19.1 Å². The largest absolute Gasteiger partial charge is 0.493 e. The minimum absolute atomic E-state index is 0.101. The molecule has 0 unspecified atom stereocenters. The molecule has 36 heavy (non-hydrogen) atoms. The van der Waals surface area contributed by atoms with Gasteiger partial charge in [0, 0.05) is 17.7 Å². The number of anilines is 1. The molecule has 0 aliphatic heterocycles. The summed E-state index contributed by atoms with van der Waals surface area (Å²) in [7, 11) is 0. The Morgan fingerprint density at radius 1 is 1.11 bits per heavy atom. The summed E-state index contributed by atoms with van der Waals surface area (Å²) in [4.78, 5) is 15.9. The first-order chi connectivity index (χ1) is 17.4. The molecule has 1 aromatic heterocycles. The molecule has 184 valence electrons. The third-order valence-corrected chi connectivity index (χ3v) is 6.92. The van der Waals surface area contributed by atoms with Gasteiger partial charge in [0.25, 0.3) is 0 Å². The van der Waals surface area contributed by atoms with Crippen LogP contribution in [0, 0.1) is 13.8 Å². The molecular weight excluding hydrogens is 452 g/mol. The Hall–Kier alpha value is -4.06. The van der Waals surface area contributed by atoms with Gasteiger partial charge < -0.3 is 20.0 Å². The predicted octanol–water partition coefficient (Wildman–Crippen LogP) is 6.33. The molecule has 6 nitrogen and oxygen atoms in total. The average molecular weight is 483 g/mol. The summed E-state index contributed by atoms with van der Waals surface area (Å²) in [5, 5.41) is 9.12. The topological polar surface area (TPSA) is 98.6 Å². The Morgan fingerprint density at radius 2 is 1.97 bits per heavy atom. The molecule has 3 N–H and O–H groups in total. The zero-order valence-electron chi connectivity index (χ0n) is 20.6. The van der Waals surface area contributed by atoms with Crippen molar-refractivity contribution in [2.45, 2.75) is 45.4 Å². The molecule has 3 aromatic carbocycles. The van der Waals surface area contributed by atoms with Crippen LogP contribution >= 0.6 is 0 Å². The smallest absolute Gasteiger partial charge is 0.303 e. The number of rotatable bonds is 8. The second kappa shape index (κ2) is 9.90. The van der Waals surface area contributed by atoms with E-state index in [9.17, 15) is 4.79 Å². The first-order valence-corrected chi connectivity index (χ1v) is 12.3. The number of aliphatic carboxylic acids is 1. The second-order valence-corrected chi connectivity index (χ2v) is 9.47. The Morgan fingerprint density at radius 3 is 2.78 bits per heavy atom. The highest BCUT2D eigenvalue weighted by Gasteiger charge is 2.25. The first kappa shape index (κ1) is 23.7. The monoisotopic (exact) mass is 482 g/mol. The summed E-state index contributed by atoms with van der Waals surface area (Å²) >= 11 is 0. The number of carboxylic acids is 1. The number of fused-ring (bicyclic) bond motifs is 1. The molecule has 1 heterocycles. The summed E-state index contributed by atoms with van der Waals surface area (Å²) in [6, 6.07) is 20.1. The van der Waals surface area contributed by atoms with Crippen molar-refractivity contribution in [1.82, 2.24) is 4.98 Å². The van der Waals surface area contributed by atoms with Crippen molar-refractivity contribution in [3.8, 4) is 28.3 Å². The molecule has 0 saturated heterocycles. The van der Waals surface area contributed by atoms with Gasteiger partial charge in [-0.1, -0.05) is 24.3 Å². The fourth-order valence-corrected chi connectivity index (χ4v) is 5.02. The number of hydrogen-bond acceptors (Lipinski definition) is 5. The maximum Gasteiger partial charge on any atom is 0.303 e. The molecule has 1 aliphatic carbocycles. The molecule has 6 heteroatoms. The summed E-state index contributed by atoms with van der Waals surface area (Å²) in [5.41, 5.74) is 14.2. The number of aromatic nitrogens is 1. The molecule has 0 radical (unpaired) electrons. The summed E-state index contributed by atoms with van der Waals surface area (Å²) in [5.74, 6) is 1.53. The minimum Gasteiger partial charge on any atom is -0.493 e.